The van der Waals surface area contributed by atoms with E-state index in [1.54, 1.807) is 6.07 Å². The van der Waals surface area contributed by atoms with Crippen molar-refractivity contribution in [2.45, 2.75) is 0 Å². The smallest absolute Gasteiger partial charge is 0.108 e. The normalized spacial score (nSPS) is 12.6. The van der Waals surface area contributed by atoms with Gasteiger partial charge in [-0.25, -0.2) is 0 Å². The molecular formula is C6HCl3N2. The Hall–Kier alpha value is -0.310. The molecule has 0 saturated heterocycles. The van der Waals surface area contributed by atoms with Crippen molar-refractivity contribution in [1.29, 1.82) is 0 Å². The second-order valence-corrected chi connectivity index (χ2v) is 3.19. The summed E-state index contributed by atoms with van der Waals surface area (Å²) in [6, 6.07) is 1.69. The average Bonchev–Trinajstić information content (AvgIpc) is 2.44. The van der Waals surface area contributed by atoms with Crippen LogP contribution in [0.2, 0.25) is 15.1 Å². The van der Waals surface area contributed by atoms with Crippen molar-refractivity contribution in [3.8, 4) is 0 Å². The van der Waals surface area contributed by atoms with Crippen molar-refractivity contribution in [2.24, 2.45) is 10.2 Å². The van der Waals surface area contributed by atoms with Gasteiger partial charge in [-0.1, -0.05) is 34.8 Å². The van der Waals surface area contributed by atoms with E-state index in [2.05, 4.69) is 10.2 Å². The second-order valence-electron chi connectivity index (χ2n) is 2.06. The van der Waals surface area contributed by atoms with Crippen molar-refractivity contribution in [2.75, 3.05) is 0 Å². The highest BCUT2D eigenvalue weighted by atomic mass is 35.5. The maximum absolute atomic E-state index is 5.76. The lowest BCUT2D eigenvalue weighted by atomic mass is 10.3. The molecule has 0 unspecified atom stereocenters. The first-order valence-electron chi connectivity index (χ1n) is 2.79. The number of hydrogen-bond acceptors (Lipinski definition) is 2. The summed E-state index contributed by atoms with van der Waals surface area (Å²) in [5.74, 6) is 0. The highest BCUT2D eigenvalue weighted by Gasteiger charge is 2.17. The second kappa shape index (κ2) is 2.34. The van der Waals surface area contributed by atoms with Crippen LogP contribution in [0.5, 0.6) is 0 Å². The molecule has 2 rings (SSSR count). The molecule has 1 heterocycles. The van der Waals surface area contributed by atoms with Gasteiger partial charge >= 0.3 is 0 Å². The molecule has 0 atom stereocenters. The van der Waals surface area contributed by atoms with E-state index < -0.39 is 0 Å². The molecule has 0 saturated carbocycles. The summed E-state index contributed by atoms with van der Waals surface area (Å²) in [5.41, 5.74) is 1.16. The van der Waals surface area contributed by atoms with E-state index in [0.717, 1.165) is 0 Å². The summed E-state index contributed by atoms with van der Waals surface area (Å²) in [6.07, 6.45) is 0. The Bertz CT molecular complexity index is 329. The molecule has 56 valence electrons. The SMILES string of the molecule is Clc1c2cc(c(Cl)c1Cl)N=N2. The lowest BCUT2D eigenvalue weighted by Crippen LogP contribution is -1.69. The molecule has 0 N–H and O–H groups in total. The fourth-order valence-corrected chi connectivity index (χ4v) is 1.45. The number of fused-ring (bicyclic) bond motifs is 2. The van der Waals surface area contributed by atoms with Gasteiger partial charge in [-0.2, -0.15) is 0 Å². The van der Waals surface area contributed by atoms with Crippen molar-refractivity contribution >= 4 is 46.2 Å². The van der Waals surface area contributed by atoms with Gasteiger partial charge in [0.15, 0.2) is 0 Å². The van der Waals surface area contributed by atoms with Crippen LogP contribution in [0.25, 0.3) is 0 Å². The fraction of sp³-hybridized carbons (Fsp3) is 0. The summed E-state index contributed by atoms with van der Waals surface area (Å²) in [7, 11) is 0. The largest absolute Gasteiger partial charge is 0.149 e. The van der Waals surface area contributed by atoms with Gasteiger partial charge in [-0.15, -0.1) is 10.2 Å². The number of benzene rings is 1. The monoisotopic (exact) mass is 206 g/mol. The van der Waals surface area contributed by atoms with Crippen LogP contribution in [0.1, 0.15) is 0 Å². The molecule has 1 aliphatic heterocycles. The Morgan fingerprint density at radius 2 is 1.27 bits per heavy atom. The predicted octanol–water partition coefficient (Wildman–Crippen LogP) is 4.38. The van der Waals surface area contributed by atoms with Gasteiger partial charge in [-0.05, 0) is 6.07 Å². The number of azo groups is 1. The molecule has 11 heavy (non-hydrogen) atoms. The number of halogens is 3. The minimum absolute atomic E-state index is 0.325. The van der Waals surface area contributed by atoms with Crippen LogP contribution < -0.4 is 0 Å². The maximum Gasteiger partial charge on any atom is 0.108 e. The third-order valence-corrected chi connectivity index (χ3v) is 2.71. The van der Waals surface area contributed by atoms with Crippen LogP contribution >= 0.6 is 34.8 Å². The molecule has 1 aromatic carbocycles. The van der Waals surface area contributed by atoms with Gasteiger partial charge < -0.3 is 0 Å². The summed E-state index contributed by atoms with van der Waals surface area (Å²) < 4.78 is 0. The summed E-state index contributed by atoms with van der Waals surface area (Å²) in [5, 5.41) is 8.55. The zero-order valence-corrected chi connectivity index (χ0v) is 7.37. The first-order valence-corrected chi connectivity index (χ1v) is 3.93. The van der Waals surface area contributed by atoms with Crippen LogP contribution in [-0.2, 0) is 0 Å². The van der Waals surface area contributed by atoms with E-state index in [1.165, 1.54) is 0 Å². The molecule has 5 heteroatoms. The van der Waals surface area contributed by atoms with Gasteiger partial charge in [-0.3, -0.25) is 0 Å². The Balaban J connectivity index is 2.85. The van der Waals surface area contributed by atoms with Gasteiger partial charge in [0.05, 0.1) is 15.1 Å². The van der Waals surface area contributed by atoms with Gasteiger partial charge in [0.1, 0.15) is 11.4 Å². The molecule has 1 aromatic rings. The lowest BCUT2D eigenvalue weighted by Gasteiger charge is -1.97. The van der Waals surface area contributed by atoms with Crippen molar-refractivity contribution in [3.63, 3.8) is 0 Å². The molecule has 1 aliphatic rings. The van der Waals surface area contributed by atoms with E-state index in [0.29, 0.717) is 26.4 Å². The average molecular weight is 207 g/mol. The zero-order chi connectivity index (χ0) is 8.01. The third kappa shape index (κ3) is 0.940. The van der Waals surface area contributed by atoms with E-state index in [9.17, 15) is 0 Å². The molecule has 0 amide bonds. The summed E-state index contributed by atoms with van der Waals surface area (Å²) in [4.78, 5) is 0. The minimum atomic E-state index is 0.325. The van der Waals surface area contributed by atoms with E-state index in [-0.39, 0.29) is 0 Å². The molecular weight excluding hydrogens is 206 g/mol. The van der Waals surface area contributed by atoms with E-state index in [1.807, 2.05) is 0 Å². The van der Waals surface area contributed by atoms with Gasteiger partial charge in [0, 0.05) is 0 Å². The van der Waals surface area contributed by atoms with Crippen LogP contribution in [0.15, 0.2) is 16.3 Å². The molecule has 0 aliphatic carbocycles. The number of rotatable bonds is 0. The van der Waals surface area contributed by atoms with E-state index in [4.69, 9.17) is 34.8 Å². The number of nitrogens with zero attached hydrogens (tertiary/aromatic N) is 2. The van der Waals surface area contributed by atoms with E-state index >= 15 is 0 Å². The molecule has 0 fully saturated rings. The van der Waals surface area contributed by atoms with Crippen molar-refractivity contribution in [3.05, 3.63) is 21.1 Å². The van der Waals surface area contributed by atoms with Crippen LogP contribution in [0.3, 0.4) is 0 Å². The Kier molecular flexibility index (Phi) is 1.56. The quantitative estimate of drug-likeness (QED) is 0.573. The Morgan fingerprint density at radius 3 is 1.73 bits per heavy atom. The lowest BCUT2D eigenvalue weighted by molar-refractivity contribution is 1.31. The maximum atomic E-state index is 5.76. The summed E-state index contributed by atoms with van der Waals surface area (Å²) >= 11 is 17.3. The molecule has 2 bridgehead atoms. The molecule has 0 radical (unpaired) electrons. The first kappa shape index (κ1) is 7.35. The topological polar surface area (TPSA) is 24.7 Å². The van der Waals surface area contributed by atoms with Crippen molar-refractivity contribution in [1.82, 2.24) is 0 Å². The molecule has 0 spiro atoms. The third-order valence-electron chi connectivity index (χ3n) is 1.37. The number of hydrogen-bond donors (Lipinski definition) is 0. The zero-order valence-electron chi connectivity index (χ0n) is 5.11. The molecule has 0 aromatic heterocycles. The minimum Gasteiger partial charge on any atom is -0.149 e. The Morgan fingerprint density at radius 1 is 0.818 bits per heavy atom. The Labute approximate surface area is 77.8 Å². The fourth-order valence-electron chi connectivity index (χ4n) is 0.831. The summed E-state index contributed by atoms with van der Waals surface area (Å²) in [6.45, 7) is 0. The highest BCUT2D eigenvalue weighted by Crippen LogP contribution is 2.47. The van der Waals surface area contributed by atoms with Gasteiger partial charge in [0.2, 0.25) is 0 Å². The van der Waals surface area contributed by atoms with Crippen LogP contribution in [0.4, 0.5) is 11.4 Å². The van der Waals surface area contributed by atoms with Gasteiger partial charge in [0.25, 0.3) is 0 Å². The first-order chi connectivity index (χ1) is 5.20. The van der Waals surface area contributed by atoms with Crippen molar-refractivity contribution < 1.29 is 0 Å². The predicted molar refractivity (Wildman–Crippen MR) is 45.6 cm³/mol. The highest BCUT2D eigenvalue weighted by molar-refractivity contribution is 6.50. The van der Waals surface area contributed by atoms with Crippen LogP contribution in [0, 0.1) is 0 Å². The molecule has 2 nitrogen and oxygen atoms in total. The van der Waals surface area contributed by atoms with Crippen LogP contribution in [-0.4, -0.2) is 0 Å². The standard InChI is InChI=1S/C6HCl3N2/c7-4-2-1-3(11-10-2)5(8)6(4)9/h1H.